The van der Waals surface area contributed by atoms with Gasteiger partial charge in [-0.25, -0.2) is 13.8 Å². The summed E-state index contributed by atoms with van der Waals surface area (Å²) in [4.78, 5) is 39.1. The number of benzene rings is 2. The molecule has 7 heteroatoms. The smallest absolute Gasteiger partial charge is 0.407 e. The van der Waals surface area contributed by atoms with Gasteiger partial charge in [0, 0.05) is 12.0 Å². The molecule has 1 aliphatic heterocycles. The van der Waals surface area contributed by atoms with Crippen LogP contribution in [0.25, 0.3) is 11.1 Å². The first-order chi connectivity index (χ1) is 14.0. The number of halogens is 1. The molecule has 6 nitrogen and oxygen atoms in total. The highest BCUT2D eigenvalue weighted by Gasteiger charge is 2.25. The summed E-state index contributed by atoms with van der Waals surface area (Å²) in [6.07, 6.45) is 2.00. The predicted octanol–water partition coefficient (Wildman–Crippen LogP) is 3.36. The molecule has 0 bridgehead atoms. The van der Waals surface area contributed by atoms with Crippen LogP contribution in [-0.4, -0.2) is 40.8 Å². The standard InChI is InChI=1S/C22H21FN2O4/c23-17-7-5-16(6-8-17)19(26)13-15-9-11-24(12-10-15)14-21(27)25-18-3-1-2-4-20(18)29-22(25)28/h1-8,15H,9-14H2. The molecule has 2 heterocycles. The number of ketones is 1. The molecule has 1 fully saturated rings. The van der Waals surface area contributed by atoms with Gasteiger partial charge in [0.15, 0.2) is 11.4 Å². The number of hydrogen-bond acceptors (Lipinski definition) is 5. The maximum Gasteiger partial charge on any atom is 0.426 e. The summed E-state index contributed by atoms with van der Waals surface area (Å²) in [5, 5.41) is 0. The van der Waals surface area contributed by atoms with E-state index in [2.05, 4.69) is 0 Å². The Kier molecular flexibility index (Phi) is 5.40. The largest absolute Gasteiger partial charge is 0.426 e. The summed E-state index contributed by atoms with van der Waals surface area (Å²) in [7, 11) is 0. The second kappa shape index (κ2) is 8.13. The van der Waals surface area contributed by atoms with Crippen molar-refractivity contribution in [2.24, 2.45) is 5.92 Å². The number of Topliss-reactive ketones (excluding diaryl/α,β-unsaturated/α-hetero) is 1. The summed E-state index contributed by atoms with van der Waals surface area (Å²) in [6, 6.07) is 12.5. The molecule has 29 heavy (non-hydrogen) atoms. The van der Waals surface area contributed by atoms with Gasteiger partial charge in [0.2, 0.25) is 0 Å². The van der Waals surface area contributed by atoms with E-state index >= 15 is 0 Å². The average Bonchev–Trinajstić information content (AvgIpc) is 3.05. The molecule has 2 aromatic carbocycles. The number of likely N-dealkylation sites (tertiary alicyclic amines) is 1. The van der Waals surface area contributed by atoms with Gasteiger partial charge in [-0.1, -0.05) is 12.1 Å². The molecule has 0 amide bonds. The SMILES string of the molecule is O=C(CC1CCN(CC(=O)n2c(=O)oc3ccccc32)CC1)c1ccc(F)cc1. The van der Waals surface area contributed by atoms with Gasteiger partial charge in [0.25, 0.3) is 5.91 Å². The van der Waals surface area contributed by atoms with Gasteiger partial charge in [0.1, 0.15) is 5.82 Å². The minimum atomic E-state index is -0.670. The summed E-state index contributed by atoms with van der Waals surface area (Å²) < 4.78 is 19.2. The Hall–Kier alpha value is -3.06. The van der Waals surface area contributed by atoms with Crippen molar-refractivity contribution < 1.29 is 18.4 Å². The molecule has 0 N–H and O–H groups in total. The number of nitrogens with zero attached hydrogens (tertiary/aromatic N) is 2. The number of oxazole rings is 1. The van der Waals surface area contributed by atoms with Gasteiger partial charge in [-0.2, -0.15) is 0 Å². The van der Waals surface area contributed by atoms with Gasteiger partial charge in [-0.05, 0) is 68.2 Å². The van der Waals surface area contributed by atoms with Crippen molar-refractivity contribution in [3.63, 3.8) is 0 Å². The Bertz CT molecular complexity index is 1090. The molecule has 150 valence electrons. The lowest BCUT2D eigenvalue weighted by Crippen LogP contribution is -2.40. The van der Waals surface area contributed by atoms with Gasteiger partial charge >= 0.3 is 5.76 Å². The fourth-order valence-electron chi connectivity index (χ4n) is 3.83. The van der Waals surface area contributed by atoms with Crippen LogP contribution < -0.4 is 5.76 Å². The summed E-state index contributed by atoms with van der Waals surface area (Å²) in [6.45, 7) is 1.48. The van der Waals surface area contributed by atoms with Crippen LogP contribution in [-0.2, 0) is 0 Å². The van der Waals surface area contributed by atoms with Crippen molar-refractivity contribution in [1.29, 1.82) is 0 Å². The third kappa shape index (κ3) is 4.19. The summed E-state index contributed by atoms with van der Waals surface area (Å²) in [5.74, 6) is -1.10. The predicted molar refractivity (Wildman–Crippen MR) is 106 cm³/mol. The van der Waals surface area contributed by atoms with Crippen LogP contribution in [0.5, 0.6) is 0 Å². The van der Waals surface area contributed by atoms with E-state index in [1.165, 1.54) is 24.3 Å². The van der Waals surface area contributed by atoms with Crippen molar-refractivity contribution in [2.75, 3.05) is 19.6 Å². The Morgan fingerprint density at radius 2 is 1.72 bits per heavy atom. The molecule has 0 radical (unpaired) electrons. The minimum absolute atomic E-state index is 0.0101. The van der Waals surface area contributed by atoms with Gasteiger partial charge < -0.3 is 4.42 Å². The van der Waals surface area contributed by atoms with E-state index in [1.807, 2.05) is 4.90 Å². The fraction of sp³-hybridized carbons (Fsp3) is 0.318. The maximum atomic E-state index is 13.0. The fourth-order valence-corrected chi connectivity index (χ4v) is 3.83. The lowest BCUT2D eigenvalue weighted by molar-refractivity contribution is 0.0789. The zero-order chi connectivity index (χ0) is 20.4. The number of fused-ring (bicyclic) bond motifs is 1. The molecule has 0 atom stereocenters. The molecule has 0 saturated carbocycles. The van der Waals surface area contributed by atoms with E-state index in [9.17, 15) is 18.8 Å². The van der Waals surface area contributed by atoms with Crippen molar-refractivity contribution in [3.8, 4) is 0 Å². The number of aromatic nitrogens is 1. The van der Waals surface area contributed by atoms with Crippen molar-refractivity contribution in [2.45, 2.75) is 19.3 Å². The number of rotatable bonds is 5. The Labute approximate surface area is 166 Å². The van der Waals surface area contributed by atoms with Gasteiger partial charge in [-0.3, -0.25) is 14.5 Å². The van der Waals surface area contributed by atoms with Crippen molar-refractivity contribution in [1.82, 2.24) is 9.47 Å². The Morgan fingerprint density at radius 1 is 1.03 bits per heavy atom. The van der Waals surface area contributed by atoms with Crippen LogP contribution in [0.3, 0.4) is 0 Å². The molecular formula is C22H21FN2O4. The number of piperidine rings is 1. The molecule has 3 aromatic rings. The zero-order valence-corrected chi connectivity index (χ0v) is 15.8. The maximum absolute atomic E-state index is 13.0. The highest BCUT2D eigenvalue weighted by atomic mass is 19.1. The molecule has 0 aliphatic carbocycles. The van der Waals surface area contributed by atoms with E-state index in [4.69, 9.17) is 4.42 Å². The van der Waals surface area contributed by atoms with E-state index in [-0.39, 0.29) is 30.0 Å². The quantitative estimate of drug-likeness (QED) is 0.619. The van der Waals surface area contributed by atoms with Crippen LogP contribution in [0.2, 0.25) is 0 Å². The van der Waals surface area contributed by atoms with Crippen LogP contribution >= 0.6 is 0 Å². The molecule has 0 unspecified atom stereocenters. The number of hydrogen-bond donors (Lipinski definition) is 0. The van der Waals surface area contributed by atoms with Crippen LogP contribution in [0.4, 0.5) is 4.39 Å². The Morgan fingerprint density at radius 3 is 2.45 bits per heavy atom. The molecular weight excluding hydrogens is 375 g/mol. The second-order valence-electron chi connectivity index (χ2n) is 7.42. The lowest BCUT2D eigenvalue weighted by atomic mass is 9.90. The monoisotopic (exact) mass is 396 g/mol. The minimum Gasteiger partial charge on any atom is -0.407 e. The van der Waals surface area contributed by atoms with Gasteiger partial charge in [-0.15, -0.1) is 0 Å². The van der Waals surface area contributed by atoms with Crippen molar-refractivity contribution >= 4 is 22.8 Å². The van der Waals surface area contributed by atoms with Crippen molar-refractivity contribution in [3.05, 3.63) is 70.5 Å². The zero-order valence-electron chi connectivity index (χ0n) is 15.8. The average molecular weight is 396 g/mol. The molecule has 1 aliphatic rings. The third-order valence-corrected chi connectivity index (χ3v) is 5.44. The highest BCUT2D eigenvalue weighted by Crippen LogP contribution is 2.23. The summed E-state index contributed by atoms with van der Waals surface area (Å²) in [5.41, 5.74) is 1.39. The number of para-hydroxylation sites is 2. The third-order valence-electron chi connectivity index (χ3n) is 5.44. The van der Waals surface area contributed by atoms with Gasteiger partial charge in [0.05, 0.1) is 12.1 Å². The summed E-state index contributed by atoms with van der Waals surface area (Å²) >= 11 is 0. The molecule has 1 saturated heterocycles. The Balaban J connectivity index is 1.33. The van der Waals surface area contributed by atoms with Crippen LogP contribution in [0.1, 0.15) is 34.4 Å². The first-order valence-corrected chi connectivity index (χ1v) is 9.66. The highest BCUT2D eigenvalue weighted by molar-refractivity contribution is 5.96. The van der Waals surface area contributed by atoms with E-state index in [0.29, 0.717) is 36.2 Å². The lowest BCUT2D eigenvalue weighted by Gasteiger charge is -2.31. The first kappa shape index (κ1) is 19.3. The first-order valence-electron chi connectivity index (χ1n) is 9.66. The second-order valence-corrected chi connectivity index (χ2v) is 7.42. The van der Waals surface area contributed by atoms with Crippen LogP contribution in [0.15, 0.2) is 57.7 Å². The normalized spacial score (nSPS) is 15.6. The number of carbonyl (C=O) groups excluding carboxylic acids is 2. The molecule has 4 rings (SSSR count). The van der Waals surface area contributed by atoms with E-state index in [0.717, 1.165) is 17.4 Å². The molecule has 1 aromatic heterocycles. The molecule has 0 spiro atoms. The van der Waals surface area contributed by atoms with Crippen LogP contribution in [0, 0.1) is 11.7 Å². The number of carbonyl (C=O) groups is 2. The topological polar surface area (TPSA) is 72.5 Å². The van der Waals surface area contributed by atoms with E-state index < -0.39 is 5.76 Å². The van der Waals surface area contributed by atoms with E-state index in [1.54, 1.807) is 24.3 Å².